The number of methoxy groups -OCH3 is 4. The van der Waals surface area contributed by atoms with E-state index in [9.17, 15) is 0 Å². The molecule has 0 atom stereocenters. The smallest absolute Gasteiger partial charge is 0.161 e. The summed E-state index contributed by atoms with van der Waals surface area (Å²) in [5, 5.41) is 4.72. The maximum absolute atomic E-state index is 5.54. The molecule has 5 aromatic carbocycles. The van der Waals surface area contributed by atoms with Crippen LogP contribution in [-0.2, 0) is 0 Å². The summed E-state index contributed by atoms with van der Waals surface area (Å²) in [5.41, 5.74) is 4.46. The third-order valence-electron chi connectivity index (χ3n) is 6.27. The molecule has 0 saturated heterocycles. The molecule has 34 heavy (non-hydrogen) atoms. The van der Waals surface area contributed by atoms with Gasteiger partial charge in [0.15, 0.2) is 23.0 Å². The van der Waals surface area contributed by atoms with E-state index in [1.165, 1.54) is 21.5 Å². The van der Waals surface area contributed by atoms with E-state index < -0.39 is 0 Å². The molecule has 4 heteroatoms. The van der Waals surface area contributed by atoms with Gasteiger partial charge in [0, 0.05) is 0 Å². The summed E-state index contributed by atoms with van der Waals surface area (Å²) in [6, 6.07) is 29.4. The van der Waals surface area contributed by atoms with E-state index >= 15 is 0 Å². The largest absolute Gasteiger partial charge is 0.493 e. The van der Waals surface area contributed by atoms with Crippen molar-refractivity contribution in [3.63, 3.8) is 0 Å². The van der Waals surface area contributed by atoms with Gasteiger partial charge in [-0.1, -0.05) is 48.5 Å². The van der Waals surface area contributed by atoms with E-state index in [0.717, 1.165) is 33.8 Å². The monoisotopic (exact) mass is 450 g/mol. The third kappa shape index (κ3) is 3.67. The average Bonchev–Trinajstić information content (AvgIpc) is 2.90. The zero-order valence-corrected chi connectivity index (χ0v) is 19.7. The highest BCUT2D eigenvalue weighted by atomic mass is 16.5. The summed E-state index contributed by atoms with van der Waals surface area (Å²) in [6.45, 7) is 0. The Morgan fingerprint density at radius 2 is 0.824 bits per heavy atom. The Labute approximate surface area is 199 Å². The quantitative estimate of drug-likeness (QED) is 0.253. The first kappa shape index (κ1) is 21.7. The maximum Gasteiger partial charge on any atom is 0.161 e. The van der Waals surface area contributed by atoms with E-state index in [1.807, 2.05) is 24.3 Å². The zero-order valence-electron chi connectivity index (χ0n) is 19.7. The molecule has 5 rings (SSSR count). The number of hydrogen-bond acceptors (Lipinski definition) is 4. The second-order valence-corrected chi connectivity index (χ2v) is 8.05. The van der Waals surface area contributed by atoms with Crippen LogP contribution in [0.5, 0.6) is 23.0 Å². The molecular weight excluding hydrogens is 424 g/mol. The fourth-order valence-corrected chi connectivity index (χ4v) is 4.56. The summed E-state index contributed by atoms with van der Waals surface area (Å²) in [4.78, 5) is 0. The lowest BCUT2D eigenvalue weighted by molar-refractivity contribution is 0.355. The van der Waals surface area contributed by atoms with Crippen LogP contribution in [0.2, 0.25) is 0 Å². The highest BCUT2D eigenvalue weighted by Crippen LogP contribution is 2.39. The predicted molar refractivity (Wildman–Crippen MR) is 139 cm³/mol. The molecular formula is C30H26O4. The summed E-state index contributed by atoms with van der Waals surface area (Å²) < 4.78 is 21.9. The van der Waals surface area contributed by atoms with Crippen molar-refractivity contribution < 1.29 is 18.9 Å². The van der Waals surface area contributed by atoms with Crippen molar-refractivity contribution in [1.82, 2.24) is 0 Å². The Morgan fingerprint density at radius 1 is 0.412 bits per heavy atom. The van der Waals surface area contributed by atoms with Crippen LogP contribution in [-0.4, -0.2) is 28.4 Å². The van der Waals surface area contributed by atoms with Crippen LogP contribution in [0.3, 0.4) is 0 Å². The van der Waals surface area contributed by atoms with E-state index in [4.69, 9.17) is 18.9 Å². The number of ether oxygens (including phenoxy) is 4. The first-order chi connectivity index (χ1) is 16.7. The van der Waals surface area contributed by atoms with Gasteiger partial charge in [-0.25, -0.2) is 0 Å². The Bertz CT molecular complexity index is 1390. The molecule has 170 valence electrons. The van der Waals surface area contributed by atoms with Crippen molar-refractivity contribution in [3.05, 3.63) is 84.9 Å². The van der Waals surface area contributed by atoms with Gasteiger partial charge in [-0.05, 0) is 80.2 Å². The molecule has 0 spiro atoms. The van der Waals surface area contributed by atoms with E-state index in [0.29, 0.717) is 11.5 Å². The van der Waals surface area contributed by atoms with Crippen LogP contribution in [0, 0.1) is 0 Å². The van der Waals surface area contributed by atoms with E-state index in [1.54, 1.807) is 28.4 Å². The molecule has 0 amide bonds. The fourth-order valence-electron chi connectivity index (χ4n) is 4.56. The molecule has 0 heterocycles. The maximum atomic E-state index is 5.54. The molecule has 5 aromatic rings. The second kappa shape index (κ2) is 8.99. The van der Waals surface area contributed by atoms with Gasteiger partial charge in [-0.15, -0.1) is 0 Å². The topological polar surface area (TPSA) is 36.9 Å². The molecule has 0 aliphatic rings. The number of fused-ring (bicyclic) bond motifs is 2. The first-order valence-electron chi connectivity index (χ1n) is 11.1. The third-order valence-corrected chi connectivity index (χ3v) is 6.27. The standard InChI is InChI=1S/C30H26O4/c1-31-27-13-11-21(17-29(27)33-3)23-9-5-7-19-16-26-20(15-25(19)23)8-6-10-24(26)22-12-14-28(32-2)30(18-22)34-4/h5-18H,1-4H3. The SMILES string of the molecule is COc1ccc(-c2cccc3cc4c(-c5ccc(OC)c(OC)c5)cccc4cc23)cc1OC. The van der Waals surface area contributed by atoms with Crippen molar-refractivity contribution in [1.29, 1.82) is 0 Å². The molecule has 0 unspecified atom stereocenters. The van der Waals surface area contributed by atoms with Gasteiger partial charge in [-0.3, -0.25) is 0 Å². The Kier molecular flexibility index (Phi) is 5.72. The number of benzene rings is 5. The van der Waals surface area contributed by atoms with Gasteiger partial charge in [0.05, 0.1) is 28.4 Å². The van der Waals surface area contributed by atoms with Gasteiger partial charge in [0.25, 0.3) is 0 Å². The van der Waals surface area contributed by atoms with Crippen LogP contribution in [0.15, 0.2) is 84.9 Å². The molecule has 0 fully saturated rings. The highest BCUT2D eigenvalue weighted by Gasteiger charge is 2.13. The molecule has 0 aliphatic heterocycles. The molecule has 4 nitrogen and oxygen atoms in total. The number of rotatable bonds is 6. The van der Waals surface area contributed by atoms with E-state index in [2.05, 4.69) is 60.7 Å². The van der Waals surface area contributed by atoms with Crippen LogP contribution in [0.1, 0.15) is 0 Å². The average molecular weight is 451 g/mol. The summed E-state index contributed by atoms with van der Waals surface area (Å²) in [5.74, 6) is 2.87. The molecule has 0 bridgehead atoms. The van der Waals surface area contributed by atoms with Gasteiger partial charge in [0.2, 0.25) is 0 Å². The minimum Gasteiger partial charge on any atom is -0.493 e. The highest BCUT2D eigenvalue weighted by molar-refractivity contribution is 6.09. The minimum absolute atomic E-state index is 0.716. The Morgan fingerprint density at radius 3 is 1.21 bits per heavy atom. The molecule has 0 aromatic heterocycles. The normalized spacial score (nSPS) is 10.9. The Hall–Kier alpha value is -4.18. The van der Waals surface area contributed by atoms with Crippen LogP contribution in [0.4, 0.5) is 0 Å². The molecule has 0 saturated carbocycles. The zero-order chi connectivity index (χ0) is 23.7. The van der Waals surface area contributed by atoms with Gasteiger partial charge >= 0.3 is 0 Å². The lowest BCUT2D eigenvalue weighted by Gasteiger charge is -2.14. The van der Waals surface area contributed by atoms with Crippen LogP contribution >= 0.6 is 0 Å². The fraction of sp³-hybridized carbons (Fsp3) is 0.133. The molecule has 0 radical (unpaired) electrons. The van der Waals surface area contributed by atoms with Crippen molar-refractivity contribution in [2.75, 3.05) is 28.4 Å². The summed E-state index contributed by atoms with van der Waals surface area (Å²) in [6.07, 6.45) is 0. The second-order valence-electron chi connectivity index (χ2n) is 8.05. The lowest BCUT2D eigenvalue weighted by atomic mass is 9.92. The minimum atomic E-state index is 0.716. The van der Waals surface area contributed by atoms with Crippen LogP contribution < -0.4 is 18.9 Å². The summed E-state index contributed by atoms with van der Waals surface area (Å²) in [7, 11) is 6.62. The number of hydrogen-bond donors (Lipinski definition) is 0. The van der Waals surface area contributed by atoms with Gasteiger partial charge in [0.1, 0.15) is 0 Å². The van der Waals surface area contributed by atoms with Crippen molar-refractivity contribution in [3.8, 4) is 45.3 Å². The summed E-state index contributed by atoms with van der Waals surface area (Å²) >= 11 is 0. The first-order valence-corrected chi connectivity index (χ1v) is 11.1. The van der Waals surface area contributed by atoms with Gasteiger partial charge in [-0.2, -0.15) is 0 Å². The van der Waals surface area contributed by atoms with E-state index in [-0.39, 0.29) is 0 Å². The lowest BCUT2D eigenvalue weighted by Crippen LogP contribution is -1.92. The van der Waals surface area contributed by atoms with Crippen molar-refractivity contribution in [2.45, 2.75) is 0 Å². The van der Waals surface area contributed by atoms with Gasteiger partial charge < -0.3 is 18.9 Å². The predicted octanol–water partition coefficient (Wildman–Crippen LogP) is 7.36. The van der Waals surface area contributed by atoms with Crippen molar-refractivity contribution in [2.24, 2.45) is 0 Å². The Balaban J connectivity index is 1.70. The van der Waals surface area contributed by atoms with Crippen LogP contribution in [0.25, 0.3) is 43.8 Å². The molecule has 0 N–H and O–H groups in total. The van der Waals surface area contributed by atoms with Crippen molar-refractivity contribution >= 4 is 21.5 Å². The molecule has 0 aliphatic carbocycles.